The highest BCUT2D eigenvalue weighted by molar-refractivity contribution is 9.13. The van der Waals surface area contributed by atoms with Crippen LogP contribution < -0.4 is 5.32 Å². The first-order valence-corrected chi connectivity index (χ1v) is 5.92. The van der Waals surface area contributed by atoms with Gasteiger partial charge >= 0.3 is 0 Å². The lowest BCUT2D eigenvalue weighted by Gasteiger charge is -1.98. The second-order valence-electron chi connectivity index (χ2n) is 3.53. The molecule has 0 spiro atoms. The first kappa shape index (κ1) is 9.74. The molecule has 0 bridgehead atoms. The van der Waals surface area contributed by atoms with Crippen LogP contribution in [0.5, 0.6) is 0 Å². The van der Waals surface area contributed by atoms with Crippen molar-refractivity contribution in [3.63, 3.8) is 0 Å². The first-order chi connectivity index (χ1) is 6.16. The molecule has 0 aliphatic heterocycles. The maximum absolute atomic E-state index is 5.43. The molecule has 1 N–H and O–H groups in total. The highest BCUT2D eigenvalue weighted by atomic mass is 79.9. The molecule has 1 aromatic rings. The van der Waals surface area contributed by atoms with Gasteiger partial charge < -0.3 is 9.73 Å². The summed E-state index contributed by atoms with van der Waals surface area (Å²) in [5, 5.41) is 3.43. The van der Waals surface area contributed by atoms with Crippen LogP contribution in [0.15, 0.2) is 19.6 Å². The second-order valence-corrected chi connectivity index (χ2v) is 5.11. The number of furan rings is 1. The molecule has 4 heteroatoms. The van der Waals surface area contributed by atoms with E-state index in [1.807, 2.05) is 6.07 Å². The minimum atomic E-state index is 0.697. The van der Waals surface area contributed by atoms with Crippen molar-refractivity contribution in [3.05, 3.63) is 21.0 Å². The van der Waals surface area contributed by atoms with E-state index in [1.165, 1.54) is 6.42 Å². The summed E-state index contributed by atoms with van der Waals surface area (Å²) in [7, 11) is 0. The van der Waals surface area contributed by atoms with Gasteiger partial charge in [-0.3, -0.25) is 0 Å². The van der Waals surface area contributed by atoms with Crippen LogP contribution in [0.25, 0.3) is 0 Å². The fourth-order valence-electron chi connectivity index (χ4n) is 1.32. The van der Waals surface area contributed by atoms with Crippen molar-refractivity contribution in [3.8, 4) is 0 Å². The van der Waals surface area contributed by atoms with E-state index in [1.54, 1.807) is 0 Å². The normalized spacial score (nSPS) is 26.4. The van der Waals surface area contributed by atoms with Gasteiger partial charge in [0.25, 0.3) is 0 Å². The number of halogens is 2. The zero-order valence-corrected chi connectivity index (χ0v) is 10.5. The Morgan fingerprint density at radius 1 is 1.62 bits per heavy atom. The van der Waals surface area contributed by atoms with Gasteiger partial charge in [0.1, 0.15) is 5.76 Å². The fraction of sp³-hybridized carbons (Fsp3) is 0.556. The third kappa shape index (κ3) is 2.36. The Kier molecular flexibility index (Phi) is 2.81. The fourth-order valence-corrected chi connectivity index (χ4v) is 1.98. The first-order valence-electron chi connectivity index (χ1n) is 4.34. The minimum Gasteiger partial charge on any atom is -0.452 e. The van der Waals surface area contributed by atoms with Crippen LogP contribution in [-0.4, -0.2) is 6.04 Å². The maximum atomic E-state index is 5.43. The highest BCUT2D eigenvalue weighted by Crippen LogP contribution is 2.30. The van der Waals surface area contributed by atoms with E-state index in [2.05, 4.69) is 44.1 Å². The zero-order chi connectivity index (χ0) is 9.42. The Balaban J connectivity index is 1.87. The molecule has 0 radical (unpaired) electrons. The van der Waals surface area contributed by atoms with E-state index in [0.717, 1.165) is 27.4 Å². The van der Waals surface area contributed by atoms with Crippen LogP contribution in [0.2, 0.25) is 0 Å². The van der Waals surface area contributed by atoms with Crippen molar-refractivity contribution in [1.29, 1.82) is 0 Å². The van der Waals surface area contributed by atoms with E-state index in [4.69, 9.17) is 4.42 Å². The molecule has 2 atom stereocenters. The average Bonchev–Trinajstić information content (AvgIpc) is 2.68. The molecule has 0 amide bonds. The highest BCUT2D eigenvalue weighted by Gasteiger charge is 2.31. The topological polar surface area (TPSA) is 25.2 Å². The Bertz CT molecular complexity index is 291. The van der Waals surface area contributed by atoms with Crippen molar-refractivity contribution >= 4 is 31.9 Å². The summed E-state index contributed by atoms with van der Waals surface area (Å²) >= 11 is 6.69. The van der Waals surface area contributed by atoms with E-state index in [-0.39, 0.29) is 0 Å². The average molecular weight is 309 g/mol. The zero-order valence-electron chi connectivity index (χ0n) is 7.31. The third-order valence-electron chi connectivity index (χ3n) is 2.34. The predicted molar refractivity (Wildman–Crippen MR) is 58.5 cm³/mol. The lowest BCUT2D eigenvalue weighted by atomic mass is 10.4. The van der Waals surface area contributed by atoms with Crippen LogP contribution >= 0.6 is 31.9 Å². The molecule has 13 heavy (non-hydrogen) atoms. The van der Waals surface area contributed by atoms with Gasteiger partial charge in [-0.2, -0.15) is 0 Å². The molecule has 2 rings (SSSR count). The van der Waals surface area contributed by atoms with E-state index >= 15 is 0 Å². The van der Waals surface area contributed by atoms with Crippen LogP contribution in [0.3, 0.4) is 0 Å². The van der Waals surface area contributed by atoms with Crippen molar-refractivity contribution in [1.82, 2.24) is 5.32 Å². The van der Waals surface area contributed by atoms with Crippen molar-refractivity contribution in [2.45, 2.75) is 25.9 Å². The van der Waals surface area contributed by atoms with Gasteiger partial charge in [0.05, 0.1) is 11.0 Å². The van der Waals surface area contributed by atoms with E-state index in [9.17, 15) is 0 Å². The van der Waals surface area contributed by atoms with Crippen molar-refractivity contribution in [2.24, 2.45) is 5.92 Å². The molecule has 0 saturated heterocycles. The SMILES string of the molecule is CC1CC1NCc1cc(Br)c(Br)o1. The summed E-state index contributed by atoms with van der Waals surface area (Å²) in [6, 6.07) is 2.69. The van der Waals surface area contributed by atoms with Crippen LogP contribution in [0.4, 0.5) is 0 Å². The molecule has 1 fully saturated rings. The predicted octanol–water partition coefficient (Wildman–Crippen LogP) is 3.30. The van der Waals surface area contributed by atoms with Crippen molar-refractivity contribution < 1.29 is 4.42 Å². The third-order valence-corrected chi connectivity index (χ3v) is 4.05. The van der Waals surface area contributed by atoms with Crippen LogP contribution in [0.1, 0.15) is 19.1 Å². The summed E-state index contributed by atoms with van der Waals surface area (Å²) in [5.74, 6) is 1.81. The summed E-state index contributed by atoms with van der Waals surface area (Å²) in [6.07, 6.45) is 1.29. The number of nitrogens with one attached hydrogen (secondary N) is 1. The quantitative estimate of drug-likeness (QED) is 0.927. The standard InChI is InChI=1S/C9H11Br2NO/c1-5-2-8(5)12-4-6-3-7(10)9(11)13-6/h3,5,8,12H,2,4H2,1H3. The van der Waals surface area contributed by atoms with Gasteiger partial charge in [-0.15, -0.1) is 0 Å². The Morgan fingerprint density at radius 2 is 2.31 bits per heavy atom. The van der Waals surface area contributed by atoms with Gasteiger partial charge in [-0.1, -0.05) is 6.92 Å². The summed E-state index contributed by atoms with van der Waals surface area (Å²) < 4.78 is 7.19. The van der Waals surface area contributed by atoms with Crippen LogP contribution in [0, 0.1) is 5.92 Å². The Labute approximate surface area is 94.3 Å². The lowest BCUT2D eigenvalue weighted by molar-refractivity contribution is 0.461. The number of rotatable bonds is 3. The summed E-state index contributed by atoms with van der Waals surface area (Å²) in [5.41, 5.74) is 0. The van der Waals surface area contributed by atoms with Gasteiger partial charge in [0.2, 0.25) is 0 Å². The van der Waals surface area contributed by atoms with Gasteiger partial charge in [0.15, 0.2) is 4.67 Å². The molecule has 2 unspecified atom stereocenters. The Morgan fingerprint density at radius 3 is 2.77 bits per heavy atom. The largest absolute Gasteiger partial charge is 0.452 e. The van der Waals surface area contributed by atoms with Gasteiger partial charge in [-0.25, -0.2) is 0 Å². The molecule has 72 valence electrons. The number of hydrogen-bond donors (Lipinski definition) is 1. The number of hydrogen-bond acceptors (Lipinski definition) is 2. The molecular weight excluding hydrogens is 298 g/mol. The molecular formula is C9H11Br2NO. The Hall–Kier alpha value is 0.200. The van der Waals surface area contributed by atoms with E-state index in [0.29, 0.717) is 6.04 Å². The molecule has 1 aliphatic carbocycles. The molecule has 1 aliphatic rings. The monoisotopic (exact) mass is 307 g/mol. The molecule has 1 saturated carbocycles. The molecule has 1 aromatic heterocycles. The second kappa shape index (κ2) is 3.75. The summed E-state index contributed by atoms with van der Waals surface area (Å²) in [4.78, 5) is 0. The molecule has 0 aromatic carbocycles. The maximum Gasteiger partial charge on any atom is 0.183 e. The van der Waals surface area contributed by atoms with E-state index < -0.39 is 0 Å². The smallest absolute Gasteiger partial charge is 0.183 e. The van der Waals surface area contributed by atoms with Crippen LogP contribution in [-0.2, 0) is 6.54 Å². The molecule has 2 nitrogen and oxygen atoms in total. The molecule has 1 heterocycles. The minimum absolute atomic E-state index is 0.697. The van der Waals surface area contributed by atoms with Crippen molar-refractivity contribution in [2.75, 3.05) is 0 Å². The van der Waals surface area contributed by atoms with Gasteiger partial charge in [-0.05, 0) is 50.3 Å². The lowest BCUT2D eigenvalue weighted by Crippen LogP contribution is -2.16. The van der Waals surface area contributed by atoms with Gasteiger partial charge in [0, 0.05) is 6.04 Å². The summed E-state index contributed by atoms with van der Waals surface area (Å²) in [6.45, 7) is 3.07.